The van der Waals surface area contributed by atoms with Gasteiger partial charge >= 0.3 is 17.9 Å². The Morgan fingerprint density at radius 3 is 1.65 bits per heavy atom. The Labute approximate surface area is 201 Å². The van der Waals surface area contributed by atoms with E-state index in [2.05, 4.69) is 0 Å². The summed E-state index contributed by atoms with van der Waals surface area (Å²) in [5.74, 6) is -2.91. The molecule has 0 saturated carbocycles. The number of hydrogen-bond acceptors (Lipinski definition) is 9. The molecule has 0 aromatic heterocycles. The molecule has 0 aromatic carbocycles. The molecule has 1 heterocycles. The van der Waals surface area contributed by atoms with Gasteiger partial charge in [-0.3, -0.25) is 38.8 Å². The molecule has 0 spiro atoms. The Morgan fingerprint density at radius 1 is 0.824 bits per heavy atom. The van der Waals surface area contributed by atoms with E-state index in [0.717, 1.165) is 0 Å². The number of hydrogen-bond donors (Lipinski definition) is 3. The molecule has 34 heavy (non-hydrogen) atoms. The third-order valence-electron chi connectivity index (χ3n) is 5.81. The van der Waals surface area contributed by atoms with Gasteiger partial charge in [-0.2, -0.15) is 0 Å². The fraction of sp³-hybridized carbons (Fsp3) is 0.818. The van der Waals surface area contributed by atoms with Crippen LogP contribution in [0.25, 0.3) is 0 Å². The highest BCUT2D eigenvalue weighted by atomic mass is 16.5. The minimum Gasteiger partial charge on any atom is -0.480 e. The van der Waals surface area contributed by atoms with Crippen molar-refractivity contribution in [3.8, 4) is 0 Å². The molecule has 0 aliphatic carbocycles. The summed E-state index contributed by atoms with van der Waals surface area (Å²) in [6.45, 7) is 9.03. The Balaban J connectivity index is 3.10. The number of aliphatic carboxylic acids is 3. The first-order valence-corrected chi connectivity index (χ1v) is 11.5. The van der Waals surface area contributed by atoms with E-state index in [-0.39, 0.29) is 25.2 Å². The number of carboxylic acids is 3. The molecule has 12 heteroatoms. The highest BCUT2D eigenvalue weighted by molar-refractivity contribution is 5.73. The third kappa shape index (κ3) is 12.8. The maximum Gasteiger partial charge on any atom is 0.320 e. The molecule has 1 unspecified atom stereocenters. The van der Waals surface area contributed by atoms with Crippen molar-refractivity contribution in [2.24, 2.45) is 5.41 Å². The van der Waals surface area contributed by atoms with Crippen LogP contribution in [0.15, 0.2) is 0 Å². The lowest BCUT2D eigenvalue weighted by Gasteiger charge is -2.36. The first-order chi connectivity index (χ1) is 15.9. The molecule has 12 nitrogen and oxygen atoms in total. The highest BCUT2D eigenvalue weighted by Crippen LogP contribution is 2.23. The van der Waals surface area contributed by atoms with E-state index in [1.165, 1.54) is 0 Å². The van der Waals surface area contributed by atoms with Crippen LogP contribution in [-0.2, 0) is 23.9 Å². The number of carbonyl (C=O) groups is 4. The van der Waals surface area contributed by atoms with Crippen molar-refractivity contribution in [2.75, 3.05) is 72.2 Å². The predicted octanol–water partition coefficient (Wildman–Crippen LogP) is -0.213. The Hall–Kier alpha value is -2.28. The normalized spacial score (nSPS) is 19.5. The minimum atomic E-state index is -0.982. The molecule has 1 aliphatic heterocycles. The zero-order valence-corrected chi connectivity index (χ0v) is 20.5. The summed E-state index contributed by atoms with van der Waals surface area (Å²) >= 11 is 0. The van der Waals surface area contributed by atoms with Gasteiger partial charge in [-0.25, -0.2) is 0 Å². The average Bonchev–Trinajstić information content (AvgIpc) is 2.70. The van der Waals surface area contributed by atoms with Crippen molar-refractivity contribution < 1.29 is 39.2 Å². The van der Waals surface area contributed by atoms with Crippen LogP contribution < -0.4 is 0 Å². The van der Waals surface area contributed by atoms with E-state index >= 15 is 0 Å². The fourth-order valence-electron chi connectivity index (χ4n) is 3.86. The van der Waals surface area contributed by atoms with Crippen LogP contribution in [0.1, 0.15) is 33.6 Å². The number of carbonyl (C=O) groups excluding carboxylic acids is 1. The first kappa shape index (κ1) is 29.8. The summed E-state index contributed by atoms with van der Waals surface area (Å²) in [7, 11) is 0. The van der Waals surface area contributed by atoms with Gasteiger partial charge in [0, 0.05) is 52.4 Å². The quantitative estimate of drug-likeness (QED) is 0.330. The van der Waals surface area contributed by atoms with E-state index in [1.54, 1.807) is 9.80 Å². The topological polar surface area (TPSA) is 151 Å². The van der Waals surface area contributed by atoms with E-state index in [4.69, 9.17) is 4.74 Å². The summed E-state index contributed by atoms with van der Waals surface area (Å²) in [6, 6.07) is -0.752. The zero-order chi connectivity index (χ0) is 25.7. The molecule has 0 bridgehead atoms. The van der Waals surface area contributed by atoms with E-state index in [9.17, 15) is 34.5 Å². The van der Waals surface area contributed by atoms with Crippen LogP contribution in [0.2, 0.25) is 0 Å². The maximum atomic E-state index is 12.1. The van der Waals surface area contributed by atoms with Crippen molar-refractivity contribution in [3.05, 3.63) is 0 Å². The number of ether oxygens (including phenoxy) is 1. The summed E-state index contributed by atoms with van der Waals surface area (Å²) in [4.78, 5) is 52.7. The van der Waals surface area contributed by atoms with E-state index in [1.807, 2.05) is 30.6 Å². The van der Waals surface area contributed by atoms with Crippen molar-refractivity contribution >= 4 is 24.4 Å². The second kappa shape index (κ2) is 14.9. The van der Waals surface area contributed by atoms with Crippen LogP contribution in [-0.4, -0.2) is 138 Å². The van der Waals surface area contributed by atoms with Gasteiger partial charge in [-0.05, 0) is 18.3 Å². The van der Waals surface area contributed by atoms with Gasteiger partial charge in [0.15, 0.2) is 0 Å². The summed E-state index contributed by atoms with van der Waals surface area (Å²) < 4.78 is 4.86. The highest BCUT2D eigenvalue weighted by Gasteiger charge is 2.29. The smallest absolute Gasteiger partial charge is 0.320 e. The van der Waals surface area contributed by atoms with Gasteiger partial charge in [0.05, 0.1) is 13.1 Å². The van der Waals surface area contributed by atoms with Crippen LogP contribution >= 0.6 is 0 Å². The molecule has 1 fully saturated rings. The largest absolute Gasteiger partial charge is 0.480 e. The molecule has 1 rings (SSSR count). The van der Waals surface area contributed by atoms with E-state index in [0.29, 0.717) is 71.7 Å². The molecule has 0 radical (unpaired) electrons. The molecule has 0 aromatic rings. The maximum absolute atomic E-state index is 12.1. The second-order valence-corrected chi connectivity index (χ2v) is 9.84. The molecule has 1 saturated heterocycles. The Bertz CT molecular complexity index is 638. The molecule has 196 valence electrons. The lowest BCUT2D eigenvalue weighted by atomic mass is 9.88. The van der Waals surface area contributed by atoms with Crippen LogP contribution in [0.5, 0.6) is 0 Å². The molecule has 3 N–H and O–H groups in total. The molecule has 0 amide bonds. The van der Waals surface area contributed by atoms with Gasteiger partial charge in [-0.1, -0.05) is 20.8 Å². The number of nitrogens with zero attached hydrogens (tertiary/aromatic N) is 4. The van der Waals surface area contributed by atoms with Crippen molar-refractivity contribution in [3.63, 3.8) is 0 Å². The van der Waals surface area contributed by atoms with Gasteiger partial charge < -0.3 is 20.1 Å². The number of rotatable bonds is 11. The standard InChI is InChI=1S/C22H40N4O8/c1-22(2,3)5-4-18(21(32)33)26-12-10-23(14-19(28)29)6-8-25(16-34-17-27)9-7-24(11-13-26)15-20(30)31/h17-18H,4-16H2,1-3H3,(H,28,29)(H,30,31)(H,32,33). The van der Waals surface area contributed by atoms with Crippen molar-refractivity contribution in [1.29, 1.82) is 0 Å². The fourth-order valence-corrected chi connectivity index (χ4v) is 3.86. The number of carboxylic acid groups (broad SMARTS) is 3. The van der Waals surface area contributed by atoms with Gasteiger partial charge in [0.1, 0.15) is 12.8 Å². The molecular formula is C22H40N4O8. The summed E-state index contributed by atoms with van der Waals surface area (Å²) in [5.41, 5.74) is -0.0437. The average molecular weight is 489 g/mol. The lowest BCUT2D eigenvalue weighted by molar-refractivity contribution is -0.145. The van der Waals surface area contributed by atoms with Gasteiger partial charge in [0.2, 0.25) is 0 Å². The second-order valence-electron chi connectivity index (χ2n) is 9.84. The monoisotopic (exact) mass is 488 g/mol. The van der Waals surface area contributed by atoms with Gasteiger partial charge in [0.25, 0.3) is 6.47 Å². The Kier molecular flexibility index (Phi) is 13.0. The summed E-state index contributed by atoms with van der Waals surface area (Å²) in [5, 5.41) is 28.6. The van der Waals surface area contributed by atoms with Crippen LogP contribution in [0.4, 0.5) is 0 Å². The third-order valence-corrected chi connectivity index (χ3v) is 5.81. The zero-order valence-electron chi connectivity index (χ0n) is 20.5. The summed E-state index contributed by atoms with van der Waals surface area (Å²) in [6.07, 6.45) is 1.14. The first-order valence-electron chi connectivity index (χ1n) is 11.5. The molecule has 1 aliphatic rings. The Morgan fingerprint density at radius 2 is 1.26 bits per heavy atom. The van der Waals surface area contributed by atoms with Crippen LogP contribution in [0.3, 0.4) is 0 Å². The minimum absolute atomic E-state index is 0.0192. The molecular weight excluding hydrogens is 448 g/mol. The van der Waals surface area contributed by atoms with Crippen molar-refractivity contribution in [1.82, 2.24) is 19.6 Å². The van der Waals surface area contributed by atoms with Gasteiger partial charge in [-0.15, -0.1) is 0 Å². The van der Waals surface area contributed by atoms with Crippen molar-refractivity contribution in [2.45, 2.75) is 39.7 Å². The lowest BCUT2D eigenvalue weighted by Crippen LogP contribution is -2.51. The SMILES string of the molecule is CC(C)(C)CCC(C(=O)O)N1CCN(CC(=O)O)CCN(COC=O)CCN(CC(=O)O)CC1. The van der Waals surface area contributed by atoms with Crippen LogP contribution in [0, 0.1) is 5.41 Å². The van der Waals surface area contributed by atoms with E-state index < -0.39 is 23.9 Å². The molecule has 1 atom stereocenters. The predicted molar refractivity (Wildman–Crippen MR) is 123 cm³/mol.